The van der Waals surface area contributed by atoms with E-state index >= 15 is 0 Å². The molecular formula is C12H10BrNO4S. The number of carboxylic acids is 1. The van der Waals surface area contributed by atoms with Gasteiger partial charge in [0.25, 0.3) is 5.24 Å². The van der Waals surface area contributed by atoms with Crippen LogP contribution in [0.1, 0.15) is 22.3 Å². The van der Waals surface area contributed by atoms with Gasteiger partial charge in [-0.25, -0.2) is 4.79 Å². The van der Waals surface area contributed by atoms with Crippen molar-refractivity contribution in [2.45, 2.75) is 13.0 Å². The van der Waals surface area contributed by atoms with E-state index in [9.17, 15) is 14.4 Å². The molecule has 1 N–H and O–H groups in total. The van der Waals surface area contributed by atoms with Crippen LogP contribution in [0.15, 0.2) is 22.7 Å². The summed E-state index contributed by atoms with van der Waals surface area (Å²) in [5, 5.41) is 8.60. The average molecular weight is 344 g/mol. The monoisotopic (exact) mass is 343 g/mol. The summed E-state index contributed by atoms with van der Waals surface area (Å²) in [5.41, 5.74) is 0.857. The van der Waals surface area contributed by atoms with Crippen molar-refractivity contribution in [3.05, 3.63) is 33.8 Å². The van der Waals surface area contributed by atoms with Crippen LogP contribution in [-0.4, -0.2) is 32.9 Å². The van der Waals surface area contributed by atoms with E-state index in [1.54, 1.807) is 6.07 Å². The molecule has 5 nitrogen and oxygen atoms in total. The van der Waals surface area contributed by atoms with Crippen LogP contribution >= 0.6 is 27.7 Å². The zero-order valence-electron chi connectivity index (χ0n) is 9.76. The zero-order chi connectivity index (χ0) is 14.0. The van der Waals surface area contributed by atoms with Crippen molar-refractivity contribution in [3.63, 3.8) is 0 Å². The van der Waals surface area contributed by atoms with Gasteiger partial charge in [-0.1, -0.05) is 33.8 Å². The Morgan fingerprint density at radius 1 is 1.42 bits per heavy atom. The Balaban J connectivity index is 2.21. The summed E-state index contributed by atoms with van der Waals surface area (Å²) in [7, 11) is 0. The summed E-state index contributed by atoms with van der Waals surface area (Å²) in [5.74, 6) is -0.696. The zero-order valence-corrected chi connectivity index (χ0v) is 12.2. The van der Waals surface area contributed by atoms with Crippen LogP contribution in [0.2, 0.25) is 0 Å². The van der Waals surface area contributed by atoms with E-state index in [4.69, 9.17) is 5.11 Å². The highest BCUT2D eigenvalue weighted by atomic mass is 79.9. The fraction of sp³-hybridized carbons (Fsp3) is 0.250. The van der Waals surface area contributed by atoms with Crippen LogP contribution in [0.4, 0.5) is 4.79 Å². The molecule has 0 bridgehead atoms. The third kappa shape index (κ3) is 3.16. The minimum Gasteiger partial charge on any atom is -0.478 e. The molecule has 0 spiro atoms. The Morgan fingerprint density at radius 2 is 2.16 bits per heavy atom. The van der Waals surface area contributed by atoms with E-state index in [-0.39, 0.29) is 23.3 Å². The number of hydrogen-bond donors (Lipinski definition) is 1. The van der Waals surface area contributed by atoms with E-state index < -0.39 is 5.97 Å². The first kappa shape index (κ1) is 14.1. The van der Waals surface area contributed by atoms with Crippen molar-refractivity contribution in [2.24, 2.45) is 0 Å². The van der Waals surface area contributed by atoms with Crippen molar-refractivity contribution in [1.29, 1.82) is 0 Å². The van der Waals surface area contributed by atoms with Gasteiger partial charge < -0.3 is 5.11 Å². The fourth-order valence-corrected chi connectivity index (χ4v) is 2.95. The molecular weight excluding hydrogens is 334 g/mol. The molecule has 0 unspecified atom stereocenters. The molecule has 1 aromatic carbocycles. The maximum Gasteiger partial charge on any atom is 0.335 e. The van der Waals surface area contributed by atoms with Gasteiger partial charge in [-0.05, 0) is 17.7 Å². The Labute approximate surface area is 122 Å². The summed E-state index contributed by atoms with van der Waals surface area (Å²) in [6.45, 7) is 0.158. The second kappa shape index (κ2) is 5.75. The van der Waals surface area contributed by atoms with Crippen LogP contribution in [-0.2, 0) is 11.3 Å². The second-order valence-electron chi connectivity index (χ2n) is 3.96. The molecule has 2 amide bonds. The summed E-state index contributed by atoms with van der Waals surface area (Å²) in [4.78, 5) is 35.3. The van der Waals surface area contributed by atoms with Gasteiger partial charge in [-0.3, -0.25) is 14.5 Å². The Kier molecular flexibility index (Phi) is 4.26. The van der Waals surface area contributed by atoms with Crippen LogP contribution < -0.4 is 0 Å². The number of carbonyl (C=O) groups excluding carboxylic acids is 2. The quantitative estimate of drug-likeness (QED) is 0.913. The predicted octanol–water partition coefficient (Wildman–Crippen LogP) is 2.73. The molecule has 1 aliphatic rings. The lowest BCUT2D eigenvalue weighted by molar-refractivity contribution is -0.128. The number of rotatable bonds is 3. The number of carboxylic acid groups (broad SMARTS) is 1. The highest BCUT2D eigenvalue weighted by Gasteiger charge is 2.27. The summed E-state index contributed by atoms with van der Waals surface area (Å²) >= 11 is 4.38. The van der Waals surface area contributed by atoms with Crippen molar-refractivity contribution in [1.82, 2.24) is 4.90 Å². The number of imide groups is 1. The third-order valence-corrected chi connectivity index (χ3v) is 4.31. The summed E-state index contributed by atoms with van der Waals surface area (Å²) < 4.78 is 0.573. The van der Waals surface area contributed by atoms with E-state index in [1.165, 1.54) is 17.0 Å². The number of hydrogen-bond acceptors (Lipinski definition) is 4. The topological polar surface area (TPSA) is 74.7 Å². The lowest BCUT2D eigenvalue weighted by Crippen LogP contribution is -2.37. The third-order valence-electron chi connectivity index (χ3n) is 2.69. The number of benzene rings is 1. The molecule has 19 heavy (non-hydrogen) atoms. The molecule has 1 fully saturated rings. The molecule has 1 heterocycles. The molecule has 2 rings (SSSR count). The summed E-state index contributed by atoms with van der Waals surface area (Å²) in [6, 6.07) is 4.52. The molecule has 0 radical (unpaired) electrons. The second-order valence-corrected chi connectivity index (χ2v) is 5.86. The molecule has 0 atom stereocenters. The van der Waals surface area contributed by atoms with Gasteiger partial charge in [0, 0.05) is 16.6 Å². The predicted molar refractivity (Wildman–Crippen MR) is 74.1 cm³/mol. The smallest absolute Gasteiger partial charge is 0.335 e. The molecule has 1 saturated heterocycles. The van der Waals surface area contributed by atoms with Gasteiger partial charge in [0.1, 0.15) is 0 Å². The fourth-order valence-electron chi connectivity index (χ4n) is 1.67. The van der Waals surface area contributed by atoms with Crippen LogP contribution in [0.5, 0.6) is 0 Å². The van der Waals surface area contributed by atoms with Gasteiger partial charge >= 0.3 is 5.97 Å². The SMILES string of the molecule is O=C(O)c1ccc(CN2C(=O)CCSC2=O)c(Br)c1. The van der Waals surface area contributed by atoms with Crippen molar-refractivity contribution in [3.8, 4) is 0 Å². The van der Waals surface area contributed by atoms with Gasteiger partial charge in [0.05, 0.1) is 12.1 Å². The van der Waals surface area contributed by atoms with E-state index in [2.05, 4.69) is 15.9 Å². The molecule has 0 aliphatic carbocycles. The van der Waals surface area contributed by atoms with Gasteiger partial charge in [-0.2, -0.15) is 0 Å². The Morgan fingerprint density at radius 3 is 2.74 bits per heavy atom. The van der Waals surface area contributed by atoms with Crippen molar-refractivity contribution in [2.75, 3.05) is 5.75 Å². The highest BCUT2D eigenvalue weighted by Crippen LogP contribution is 2.25. The van der Waals surface area contributed by atoms with E-state index in [1.807, 2.05) is 0 Å². The first-order chi connectivity index (χ1) is 8.99. The van der Waals surface area contributed by atoms with Crippen LogP contribution in [0, 0.1) is 0 Å². The van der Waals surface area contributed by atoms with Crippen LogP contribution in [0.3, 0.4) is 0 Å². The van der Waals surface area contributed by atoms with Gasteiger partial charge in [0.2, 0.25) is 5.91 Å². The molecule has 0 saturated carbocycles. The van der Waals surface area contributed by atoms with Gasteiger partial charge in [-0.15, -0.1) is 0 Å². The first-order valence-electron chi connectivity index (χ1n) is 5.48. The van der Waals surface area contributed by atoms with Crippen LogP contribution in [0.25, 0.3) is 0 Å². The molecule has 100 valence electrons. The number of carbonyl (C=O) groups is 3. The largest absolute Gasteiger partial charge is 0.478 e. The Bertz CT molecular complexity index is 545. The number of amides is 2. The first-order valence-corrected chi connectivity index (χ1v) is 7.25. The number of halogens is 1. The lowest BCUT2D eigenvalue weighted by Gasteiger charge is -2.24. The number of thioether (sulfide) groups is 1. The number of aromatic carboxylic acids is 1. The maximum absolute atomic E-state index is 11.7. The number of nitrogens with zero attached hydrogens (tertiary/aromatic N) is 1. The van der Waals surface area contributed by atoms with E-state index in [0.717, 1.165) is 11.8 Å². The lowest BCUT2D eigenvalue weighted by atomic mass is 10.1. The molecule has 7 heteroatoms. The van der Waals surface area contributed by atoms with E-state index in [0.29, 0.717) is 22.2 Å². The van der Waals surface area contributed by atoms with Crippen molar-refractivity contribution >= 4 is 44.8 Å². The molecule has 1 aliphatic heterocycles. The highest BCUT2D eigenvalue weighted by molar-refractivity contribution is 9.10. The average Bonchev–Trinajstić information content (AvgIpc) is 2.35. The minimum atomic E-state index is -1.02. The standard InChI is InChI=1S/C12H10BrNO4S/c13-9-5-7(11(16)17)1-2-8(9)6-14-10(15)3-4-19-12(14)18/h1-2,5H,3-4,6H2,(H,16,17). The Hall–Kier alpha value is -1.34. The molecule has 1 aromatic rings. The summed E-state index contributed by atoms with van der Waals surface area (Å²) in [6.07, 6.45) is 0.348. The maximum atomic E-state index is 11.7. The van der Waals surface area contributed by atoms with Crippen molar-refractivity contribution < 1.29 is 19.5 Å². The normalized spacial score (nSPS) is 15.7. The molecule has 0 aromatic heterocycles. The minimum absolute atomic E-state index is 0.154. The van der Waals surface area contributed by atoms with Gasteiger partial charge in [0.15, 0.2) is 0 Å².